The summed E-state index contributed by atoms with van der Waals surface area (Å²) in [6.07, 6.45) is 6.73. The Hall–Kier alpha value is -1.74. The van der Waals surface area contributed by atoms with Crippen molar-refractivity contribution < 1.29 is 4.79 Å². The van der Waals surface area contributed by atoms with Gasteiger partial charge in [-0.05, 0) is 30.2 Å². The molecule has 0 bridgehead atoms. The van der Waals surface area contributed by atoms with Gasteiger partial charge in [-0.1, -0.05) is 11.6 Å². The molecule has 0 aromatic carbocycles. The maximum Gasteiger partial charge on any atom is 0.168 e. The van der Waals surface area contributed by atoms with E-state index in [0.717, 1.165) is 11.1 Å². The predicted molar refractivity (Wildman–Crippen MR) is 66.3 cm³/mol. The first-order valence-electron chi connectivity index (χ1n) is 5.20. The second kappa shape index (κ2) is 5.06. The number of ketones is 1. The molecular formula is C13H11ClN2O. The van der Waals surface area contributed by atoms with E-state index >= 15 is 0 Å². The van der Waals surface area contributed by atoms with Gasteiger partial charge in [-0.25, -0.2) is 0 Å². The summed E-state index contributed by atoms with van der Waals surface area (Å²) in [4.78, 5) is 19.9. The van der Waals surface area contributed by atoms with Crippen molar-refractivity contribution in [1.82, 2.24) is 9.97 Å². The van der Waals surface area contributed by atoms with Gasteiger partial charge in [0.25, 0.3) is 0 Å². The summed E-state index contributed by atoms with van der Waals surface area (Å²) in [7, 11) is 0. The molecule has 0 spiro atoms. The second-order valence-electron chi connectivity index (χ2n) is 3.82. The Morgan fingerprint density at radius 3 is 2.82 bits per heavy atom. The topological polar surface area (TPSA) is 42.9 Å². The third kappa shape index (κ3) is 2.88. The number of nitrogens with zero attached hydrogens (tertiary/aromatic N) is 2. The highest BCUT2D eigenvalue weighted by atomic mass is 35.5. The molecule has 2 aromatic rings. The van der Waals surface area contributed by atoms with Crippen LogP contribution in [0, 0.1) is 6.92 Å². The maximum atomic E-state index is 12.0. The lowest BCUT2D eigenvalue weighted by molar-refractivity contribution is 0.0992. The first kappa shape index (κ1) is 11.7. The van der Waals surface area contributed by atoms with Crippen molar-refractivity contribution in [3.8, 4) is 0 Å². The van der Waals surface area contributed by atoms with Crippen LogP contribution in [0.1, 0.15) is 21.5 Å². The fourth-order valence-electron chi connectivity index (χ4n) is 1.53. The van der Waals surface area contributed by atoms with Crippen LogP contribution in [-0.4, -0.2) is 15.8 Å². The van der Waals surface area contributed by atoms with E-state index in [1.54, 1.807) is 30.9 Å². The highest BCUT2D eigenvalue weighted by molar-refractivity contribution is 6.31. The van der Waals surface area contributed by atoms with Gasteiger partial charge in [0.1, 0.15) is 0 Å². The van der Waals surface area contributed by atoms with Crippen LogP contribution >= 0.6 is 11.6 Å². The number of hydrogen-bond donors (Lipinski definition) is 0. The smallest absolute Gasteiger partial charge is 0.168 e. The predicted octanol–water partition coefficient (Wildman–Crippen LogP) is 2.86. The number of Topliss-reactive ketones (excluding diaryl/α,β-unsaturated/α-hetero) is 1. The summed E-state index contributed by atoms with van der Waals surface area (Å²) in [6.45, 7) is 1.91. The molecule has 0 fully saturated rings. The van der Waals surface area contributed by atoms with Gasteiger partial charge in [0.05, 0.1) is 5.02 Å². The average molecular weight is 247 g/mol. The molecule has 2 rings (SSSR count). The monoisotopic (exact) mass is 246 g/mol. The van der Waals surface area contributed by atoms with Gasteiger partial charge in [-0.3, -0.25) is 14.8 Å². The zero-order valence-corrected chi connectivity index (χ0v) is 10.1. The number of pyridine rings is 2. The Morgan fingerprint density at radius 2 is 2.12 bits per heavy atom. The fraction of sp³-hybridized carbons (Fsp3) is 0.154. The van der Waals surface area contributed by atoms with Gasteiger partial charge in [-0.2, -0.15) is 0 Å². The standard InChI is InChI=1S/C13H11ClN2O/c1-9-4-11(7-16-6-9)13(17)5-10-2-3-15-8-12(10)14/h2-4,6-8H,5H2,1H3. The van der Waals surface area contributed by atoms with E-state index in [1.807, 2.05) is 13.0 Å². The van der Waals surface area contributed by atoms with Crippen molar-refractivity contribution in [3.05, 3.63) is 58.6 Å². The van der Waals surface area contributed by atoms with E-state index in [1.165, 1.54) is 0 Å². The molecule has 0 saturated carbocycles. The van der Waals surface area contributed by atoms with Crippen LogP contribution in [0.5, 0.6) is 0 Å². The minimum Gasteiger partial charge on any atom is -0.294 e. The highest BCUT2D eigenvalue weighted by Crippen LogP contribution is 2.16. The van der Waals surface area contributed by atoms with E-state index in [2.05, 4.69) is 9.97 Å². The van der Waals surface area contributed by atoms with Crippen molar-refractivity contribution in [2.24, 2.45) is 0 Å². The molecule has 0 amide bonds. The number of carbonyl (C=O) groups is 1. The van der Waals surface area contributed by atoms with Crippen molar-refractivity contribution in [1.29, 1.82) is 0 Å². The molecule has 0 aliphatic heterocycles. The van der Waals surface area contributed by atoms with E-state index in [4.69, 9.17) is 11.6 Å². The summed E-state index contributed by atoms with van der Waals surface area (Å²) >= 11 is 5.96. The molecule has 17 heavy (non-hydrogen) atoms. The lowest BCUT2D eigenvalue weighted by atomic mass is 10.0. The summed E-state index contributed by atoms with van der Waals surface area (Å²) in [5.74, 6) is 0.00861. The maximum absolute atomic E-state index is 12.0. The SMILES string of the molecule is Cc1cncc(C(=O)Cc2ccncc2Cl)c1. The molecular weight excluding hydrogens is 236 g/mol. The molecule has 0 aliphatic rings. The molecule has 0 radical (unpaired) electrons. The molecule has 0 saturated heterocycles. The van der Waals surface area contributed by atoms with Gasteiger partial charge in [0.15, 0.2) is 5.78 Å². The number of hydrogen-bond acceptors (Lipinski definition) is 3. The van der Waals surface area contributed by atoms with Gasteiger partial charge in [0.2, 0.25) is 0 Å². The van der Waals surface area contributed by atoms with Crippen molar-refractivity contribution in [2.75, 3.05) is 0 Å². The van der Waals surface area contributed by atoms with Gasteiger partial charge < -0.3 is 0 Å². The third-order valence-electron chi connectivity index (χ3n) is 2.40. The minimum atomic E-state index is 0.00861. The summed E-state index contributed by atoms with van der Waals surface area (Å²) in [6, 6.07) is 3.58. The number of aryl methyl sites for hydroxylation is 1. The molecule has 2 heterocycles. The first-order valence-corrected chi connectivity index (χ1v) is 5.58. The molecule has 0 unspecified atom stereocenters. The van der Waals surface area contributed by atoms with E-state index in [9.17, 15) is 4.79 Å². The summed E-state index contributed by atoms with van der Waals surface area (Å²) < 4.78 is 0. The minimum absolute atomic E-state index is 0.00861. The van der Waals surface area contributed by atoms with Gasteiger partial charge in [-0.15, -0.1) is 0 Å². The Morgan fingerprint density at radius 1 is 1.29 bits per heavy atom. The molecule has 0 atom stereocenters. The Balaban J connectivity index is 2.20. The molecule has 0 N–H and O–H groups in total. The lowest BCUT2D eigenvalue weighted by Crippen LogP contribution is -2.05. The Kier molecular flexibility index (Phi) is 3.49. The highest BCUT2D eigenvalue weighted by Gasteiger charge is 2.09. The molecule has 86 valence electrons. The first-order chi connectivity index (χ1) is 8.16. The van der Waals surface area contributed by atoms with Crippen LogP contribution in [0.4, 0.5) is 0 Å². The van der Waals surface area contributed by atoms with Crippen LogP contribution < -0.4 is 0 Å². The van der Waals surface area contributed by atoms with Crippen LogP contribution in [0.25, 0.3) is 0 Å². The van der Waals surface area contributed by atoms with E-state index in [-0.39, 0.29) is 12.2 Å². The van der Waals surface area contributed by atoms with Gasteiger partial charge >= 0.3 is 0 Å². The van der Waals surface area contributed by atoms with Crippen molar-refractivity contribution in [2.45, 2.75) is 13.3 Å². The van der Waals surface area contributed by atoms with Crippen molar-refractivity contribution in [3.63, 3.8) is 0 Å². The third-order valence-corrected chi connectivity index (χ3v) is 2.74. The Bertz CT molecular complexity index is 555. The van der Waals surface area contributed by atoms with Crippen LogP contribution in [-0.2, 0) is 6.42 Å². The zero-order valence-electron chi connectivity index (χ0n) is 9.35. The lowest BCUT2D eigenvalue weighted by Gasteiger charge is -2.03. The van der Waals surface area contributed by atoms with E-state index in [0.29, 0.717) is 10.6 Å². The zero-order chi connectivity index (χ0) is 12.3. The summed E-state index contributed by atoms with van der Waals surface area (Å²) in [5, 5.41) is 0.515. The number of halogens is 1. The van der Waals surface area contributed by atoms with Gasteiger partial charge in [0, 0.05) is 36.8 Å². The molecule has 0 aliphatic carbocycles. The van der Waals surface area contributed by atoms with Crippen LogP contribution in [0.3, 0.4) is 0 Å². The van der Waals surface area contributed by atoms with Crippen molar-refractivity contribution >= 4 is 17.4 Å². The summed E-state index contributed by atoms with van der Waals surface area (Å²) in [5.41, 5.74) is 2.36. The average Bonchev–Trinajstić information content (AvgIpc) is 2.32. The number of rotatable bonds is 3. The molecule has 4 heteroatoms. The Labute approximate surface area is 104 Å². The molecule has 3 nitrogen and oxygen atoms in total. The normalized spacial score (nSPS) is 10.2. The quantitative estimate of drug-likeness (QED) is 0.782. The van der Waals surface area contributed by atoms with Crippen LogP contribution in [0.15, 0.2) is 36.9 Å². The number of carbonyl (C=O) groups excluding carboxylic acids is 1. The van der Waals surface area contributed by atoms with E-state index < -0.39 is 0 Å². The molecule has 2 aromatic heterocycles. The largest absolute Gasteiger partial charge is 0.294 e. The number of aromatic nitrogens is 2. The fourth-order valence-corrected chi connectivity index (χ4v) is 1.72. The second-order valence-corrected chi connectivity index (χ2v) is 4.23. The van der Waals surface area contributed by atoms with Crippen LogP contribution in [0.2, 0.25) is 5.02 Å².